The highest BCUT2D eigenvalue weighted by Gasteiger charge is 2.42. The lowest BCUT2D eigenvalue weighted by Crippen LogP contribution is -2.55. The van der Waals surface area contributed by atoms with Gasteiger partial charge in [0.05, 0.1) is 44.7 Å². The summed E-state index contributed by atoms with van der Waals surface area (Å²) < 4.78 is 21.3. The Balaban J connectivity index is 2.21. The summed E-state index contributed by atoms with van der Waals surface area (Å²) in [7, 11) is 1.42. The van der Waals surface area contributed by atoms with Crippen molar-refractivity contribution >= 4 is 0 Å². The van der Waals surface area contributed by atoms with Crippen LogP contribution < -0.4 is 0 Å². The van der Waals surface area contributed by atoms with Crippen LogP contribution in [0.4, 0.5) is 0 Å². The van der Waals surface area contributed by atoms with Crippen LogP contribution in [0, 0.1) is 5.92 Å². The number of hydrogen-bond acceptors (Lipinski definition) is 7. The van der Waals surface area contributed by atoms with Gasteiger partial charge in [0.15, 0.2) is 6.29 Å². The summed E-state index contributed by atoms with van der Waals surface area (Å²) in [5, 5.41) is 29.0. The van der Waals surface area contributed by atoms with E-state index in [0.717, 1.165) is 0 Å². The Hall–Kier alpha value is -0.280. The van der Waals surface area contributed by atoms with Gasteiger partial charge < -0.3 is 34.3 Å². The molecule has 1 aliphatic rings. The SMILES string of the molecule is CCC(O)COCCOCC1O[C@@H](OC)[C@H](O)[C@@H](O)C1C. The van der Waals surface area contributed by atoms with Crippen molar-refractivity contribution in [2.75, 3.05) is 33.5 Å². The van der Waals surface area contributed by atoms with Crippen LogP contribution in [-0.2, 0) is 18.9 Å². The molecule has 0 bridgehead atoms. The predicted molar refractivity (Wildman–Crippen MR) is 74.8 cm³/mol. The maximum absolute atomic E-state index is 9.93. The fraction of sp³-hybridized carbons (Fsp3) is 1.00. The minimum atomic E-state index is -1.06. The van der Waals surface area contributed by atoms with Crippen molar-refractivity contribution in [1.29, 1.82) is 0 Å². The van der Waals surface area contributed by atoms with Crippen molar-refractivity contribution in [3.05, 3.63) is 0 Å². The molecule has 3 unspecified atom stereocenters. The second-order valence-corrected chi connectivity index (χ2v) is 5.33. The van der Waals surface area contributed by atoms with E-state index >= 15 is 0 Å². The van der Waals surface area contributed by atoms with Gasteiger partial charge in [0.25, 0.3) is 0 Å². The molecule has 126 valence electrons. The fourth-order valence-electron chi connectivity index (χ4n) is 2.11. The smallest absolute Gasteiger partial charge is 0.186 e. The van der Waals surface area contributed by atoms with E-state index in [1.54, 1.807) is 6.92 Å². The van der Waals surface area contributed by atoms with Crippen molar-refractivity contribution in [2.24, 2.45) is 5.92 Å². The molecule has 0 aliphatic carbocycles. The first-order valence-corrected chi connectivity index (χ1v) is 7.39. The highest BCUT2D eigenvalue weighted by Crippen LogP contribution is 2.26. The Bertz CT molecular complexity index is 274. The molecule has 7 heteroatoms. The molecule has 1 aliphatic heterocycles. The first-order chi connectivity index (χ1) is 10.0. The first kappa shape index (κ1) is 18.8. The number of ether oxygens (including phenoxy) is 4. The standard InChI is InChI=1S/C14H28O7/c1-4-10(15)7-19-5-6-20-8-11-9(2)12(16)13(17)14(18-3)21-11/h9-17H,4-8H2,1-3H3/t9?,10?,11?,12-,13+,14+/m0/s1. The highest BCUT2D eigenvalue weighted by atomic mass is 16.7. The van der Waals surface area contributed by atoms with E-state index in [2.05, 4.69) is 0 Å². The van der Waals surface area contributed by atoms with Gasteiger partial charge in [0.2, 0.25) is 0 Å². The van der Waals surface area contributed by atoms with Gasteiger partial charge in [-0.25, -0.2) is 0 Å². The summed E-state index contributed by atoms with van der Waals surface area (Å²) in [6.07, 6.45) is -2.94. The van der Waals surface area contributed by atoms with E-state index in [4.69, 9.17) is 18.9 Å². The average molecular weight is 308 g/mol. The summed E-state index contributed by atoms with van der Waals surface area (Å²) >= 11 is 0. The van der Waals surface area contributed by atoms with E-state index in [-0.39, 0.29) is 18.6 Å². The molecule has 1 rings (SSSR count). The van der Waals surface area contributed by atoms with Gasteiger partial charge in [-0.2, -0.15) is 0 Å². The van der Waals surface area contributed by atoms with Crippen LogP contribution in [0.15, 0.2) is 0 Å². The summed E-state index contributed by atoms with van der Waals surface area (Å²) in [6.45, 7) is 5.02. The molecule has 7 nitrogen and oxygen atoms in total. The highest BCUT2D eigenvalue weighted by molar-refractivity contribution is 4.86. The van der Waals surface area contributed by atoms with Crippen LogP contribution in [0.5, 0.6) is 0 Å². The van der Waals surface area contributed by atoms with Gasteiger partial charge >= 0.3 is 0 Å². The maximum Gasteiger partial charge on any atom is 0.186 e. The topological polar surface area (TPSA) is 97.6 Å². The third kappa shape index (κ3) is 5.78. The summed E-state index contributed by atoms with van der Waals surface area (Å²) in [5.41, 5.74) is 0. The third-order valence-electron chi connectivity index (χ3n) is 3.73. The monoisotopic (exact) mass is 308 g/mol. The largest absolute Gasteiger partial charge is 0.391 e. The van der Waals surface area contributed by atoms with Gasteiger partial charge in [-0.15, -0.1) is 0 Å². The van der Waals surface area contributed by atoms with Crippen LogP contribution in [0.2, 0.25) is 0 Å². The van der Waals surface area contributed by atoms with E-state index in [9.17, 15) is 15.3 Å². The van der Waals surface area contributed by atoms with Crippen LogP contribution in [0.3, 0.4) is 0 Å². The first-order valence-electron chi connectivity index (χ1n) is 7.39. The van der Waals surface area contributed by atoms with Crippen molar-refractivity contribution in [1.82, 2.24) is 0 Å². The molecule has 0 aromatic heterocycles. The summed E-state index contributed by atoms with van der Waals surface area (Å²) in [5.74, 6) is -0.255. The molecule has 0 aromatic rings. The molecule has 1 heterocycles. The van der Waals surface area contributed by atoms with Crippen LogP contribution in [-0.4, -0.2) is 79.6 Å². The summed E-state index contributed by atoms with van der Waals surface area (Å²) in [4.78, 5) is 0. The lowest BCUT2D eigenvalue weighted by Gasteiger charge is -2.40. The molecule has 3 N–H and O–H groups in total. The lowest BCUT2D eigenvalue weighted by atomic mass is 9.91. The average Bonchev–Trinajstić information content (AvgIpc) is 2.50. The third-order valence-corrected chi connectivity index (χ3v) is 3.73. The molecule has 1 saturated heterocycles. The van der Waals surface area contributed by atoms with Crippen LogP contribution in [0.1, 0.15) is 20.3 Å². The van der Waals surface area contributed by atoms with Crippen LogP contribution >= 0.6 is 0 Å². The Morgan fingerprint density at radius 3 is 2.43 bits per heavy atom. The van der Waals surface area contributed by atoms with Gasteiger partial charge in [0.1, 0.15) is 6.10 Å². The molecule has 21 heavy (non-hydrogen) atoms. The van der Waals surface area contributed by atoms with E-state index in [0.29, 0.717) is 26.2 Å². The van der Waals surface area contributed by atoms with Crippen LogP contribution in [0.25, 0.3) is 0 Å². The summed E-state index contributed by atoms with van der Waals surface area (Å²) in [6, 6.07) is 0. The van der Waals surface area contributed by atoms with E-state index < -0.39 is 24.6 Å². The number of aliphatic hydroxyl groups excluding tert-OH is 3. The number of rotatable bonds is 9. The van der Waals surface area contributed by atoms with Crippen molar-refractivity contribution < 1.29 is 34.3 Å². The van der Waals surface area contributed by atoms with Gasteiger partial charge in [-0.1, -0.05) is 13.8 Å². The second kappa shape index (κ2) is 9.68. The zero-order chi connectivity index (χ0) is 15.8. The van der Waals surface area contributed by atoms with Gasteiger partial charge in [-0.05, 0) is 6.42 Å². The second-order valence-electron chi connectivity index (χ2n) is 5.33. The molecular formula is C14H28O7. The normalized spacial score (nSPS) is 34.9. The van der Waals surface area contributed by atoms with Crippen molar-refractivity contribution in [2.45, 2.75) is 51.0 Å². The van der Waals surface area contributed by atoms with E-state index in [1.807, 2.05) is 6.92 Å². The minimum Gasteiger partial charge on any atom is -0.391 e. The van der Waals surface area contributed by atoms with Gasteiger partial charge in [-0.3, -0.25) is 0 Å². The van der Waals surface area contributed by atoms with Crippen molar-refractivity contribution in [3.63, 3.8) is 0 Å². The molecule has 0 aromatic carbocycles. The maximum atomic E-state index is 9.93. The Morgan fingerprint density at radius 1 is 1.14 bits per heavy atom. The number of hydrogen-bond donors (Lipinski definition) is 3. The lowest BCUT2D eigenvalue weighted by molar-refractivity contribution is -0.282. The van der Waals surface area contributed by atoms with E-state index in [1.165, 1.54) is 7.11 Å². The molecular weight excluding hydrogens is 280 g/mol. The Labute approximate surface area is 125 Å². The molecule has 0 spiro atoms. The minimum absolute atomic E-state index is 0.255. The molecule has 0 amide bonds. The predicted octanol–water partition coefficient (Wildman–Crippen LogP) is -0.480. The molecule has 1 fully saturated rings. The Kier molecular flexibility index (Phi) is 8.65. The quantitative estimate of drug-likeness (QED) is 0.495. The van der Waals surface area contributed by atoms with Gasteiger partial charge in [0, 0.05) is 13.0 Å². The van der Waals surface area contributed by atoms with Crippen molar-refractivity contribution in [3.8, 4) is 0 Å². The molecule has 6 atom stereocenters. The zero-order valence-electron chi connectivity index (χ0n) is 13.0. The molecule has 0 saturated carbocycles. The Morgan fingerprint density at radius 2 is 1.81 bits per heavy atom. The fourth-order valence-corrected chi connectivity index (χ4v) is 2.11. The molecule has 0 radical (unpaired) electrons. The zero-order valence-corrected chi connectivity index (χ0v) is 13.0. The number of methoxy groups -OCH3 is 1. The number of aliphatic hydroxyl groups is 3.